The molecular formula is C33H38N4O2. The predicted molar refractivity (Wildman–Crippen MR) is 156 cm³/mol. The molecule has 1 atom stereocenters. The Morgan fingerprint density at radius 2 is 1.54 bits per heavy atom. The smallest absolute Gasteiger partial charge is 0.242 e. The van der Waals surface area contributed by atoms with Crippen LogP contribution in [0.5, 0.6) is 0 Å². The Morgan fingerprint density at radius 3 is 2.28 bits per heavy atom. The highest BCUT2D eigenvalue weighted by atomic mass is 16.2. The molecule has 0 radical (unpaired) electrons. The molecular weight excluding hydrogens is 484 g/mol. The molecule has 4 aromatic rings. The number of nitrogens with zero attached hydrogens (tertiary/aromatic N) is 1. The van der Waals surface area contributed by atoms with E-state index in [1.807, 2.05) is 48.7 Å². The lowest BCUT2D eigenvalue weighted by molar-refractivity contribution is -0.129. The van der Waals surface area contributed by atoms with Crippen LogP contribution in [0.25, 0.3) is 10.9 Å². The molecule has 2 amide bonds. The van der Waals surface area contributed by atoms with E-state index < -0.39 is 6.04 Å². The average Bonchev–Trinajstić information content (AvgIpc) is 3.37. The van der Waals surface area contributed by atoms with Gasteiger partial charge in [0.15, 0.2) is 0 Å². The molecule has 1 saturated heterocycles. The van der Waals surface area contributed by atoms with Crippen LogP contribution in [0.15, 0.2) is 91.1 Å². The van der Waals surface area contributed by atoms with Crippen molar-refractivity contribution in [2.75, 3.05) is 26.2 Å². The van der Waals surface area contributed by atoms with Gasteiger partial charge in [-0.15, -0.1) is 0 Å². The van der Waals surface area contributed by atoms with Crippen LogP contribution in [0.2, 0.25) is 0 Å². The van der Waals surface area contributed by atoms with Crippen LogP contribution in [0.3, 0.4) is 0 Å². The SMILES string of the molecule is O=C(CN1CCC(Cc2ccccc2)CC1)N[C@H](Cc1c[nH]c2ccccc12)C(=O)NCCc1ccccc1. The second-order valence-corrected chi connectivity index (χ2v) is 10.6. The van der Waals surface area contributed by atoms with Crippen LogP contribution < -0.4 is 10.6 Å². The van der Waals surface area contributed by atoms with E-state index >= 15 is 0 Å². The van der Waals surface area contributed by atoms with Crippen LogP contribution in [0, 0.1) is 5.92 Å². The first-order valence-electron chi connectivity index (χ1n) is 14.1. The molecule has 0 spiro atoms. The highest BCUT2D eigenvalue weighted by Crippen LogP contribution is 2.22. The van der Waals surface area contributed by atoms with E-state index in [1.54, 1.807) is 0 Å². The van der Waals surface area contributed by atoms with E-state index in [2.05, 4.69) is 63.0 Å². The van der Waals surface area contributed by atoms with Gasteiger partial charge < -0.3 is 15.6 Å². The molecule has 39 heavy (non-hydrogen) atoms. The summed E-state index contributed by atoms with van der Waals surface area (Å²) in [5.74, 6) is 0.405. The number of rotatable bonds is 11. The number of para-hydroxylation sites is 1. The molecule has 6 heteroatoms. The molecule has 2 heterocycles. The fourth-order valence-corrected chi connectivity index (χ4v) is 5.57. The highest BCUT2D eigenvalue weighted by molar-refractivity contribution is 5.90. The zero-order chi connectivity index (χ0) is 26.9. The number of amides is 2. The van der Waals surface area contributed by atoms with Gasteiger partial charge >= 0.3 is 0 Å². The molecule has 1 fully saturated rings. The van der Waals surface area contributed by atoms with Crippen molar-refractivity contribution in [3.63, 3.8) is 0 Å². The van der Waals surface area contributed by atoms with E-state index in [9.17, 15) is 9.59 Å². The summed E-state index contributed by atoms with van der Waals surface area (Å²) in [4.78, 5) is 31.9. The van der Waals surface area contributed by atoms with Gasteiger partial charge in [-0.1, -0.05) is 78.9 Å². The Kier molecular flexibility index (Phi) is 9.07. The fraction of sp³-hybridized carbons (Fsp3) is 0.333. The maximum Gasteiger partial charge on any atom is 0.242 e. The minimum Gasteiger partial charge on any atom is -0.361 e. The van der Waals surface area contributed by atoms with Gasteiger partial charge in [-0.2, -0.15) is 0 Å². The molecule has 3 aromatic carbocycles. The number of fused-ring (bicyclic) bond motifs is 1. The van der Waals surface area contributed by atoms with E-state index in [0.717, 1.165) is 55.2 Å². The lowest BCUT2D eigenvalue weighted by Crippen LogP contribution is -2.51. The lowest BCUT2D eigenvalue weighted by atomic mass is 9.90. The van der Waals surface area contributed by atoms with E-state index in [1.165, 1.54) is 11.1 Å². The molecule has 1 aromatic heterocycles. The van der Waals surface area contributed by atoms with E-state index in [-0.39, 0.29) is 11.8 Å². The third-order valence-electron chi connectivity index (χ3n) is 7.75. The number of hydrogen-bond donors (Lipinski definition) is 3. The van der Waals surface area contributed by atoms with Crippen molar-refractivity contribution >= 4 is 22.7 Å². The van der Waals surface area contributed by atoms with Gasteiger partial charge in [0, 0.05) is 30.1 Å². The van der Waals surface area contributed by atoms with E-state index in [4.69, 9.17) is 0 Å². The number of aromatic nitrogens is 1. The number of nitrogens with one attached hydrogen (secondary N) is 3. The number of benzene rings is 3. The zero-order valence-electron chi connectivity index (χ0n) is 22.4. The number of aromatic amines is 1. The molecule has 1 aliphatic heterocycles. The van der Waals surface area contributed by atoms with Crippen LogP contribution in [0.1, 0.15) is 29.5 Å². The summed E-state index contributed by atoms with van der Waals surface area (Å²) in [5.41, 5.74) is 4.61. The quantitative estimate of drug-likeness (QED) is 0.271. The number of piperidine rings is 1. The van der Waals surface area contributed by atoms with Crippen LogP contribution >= 0.6 is 0 Å². The summed E-state index contributed by atoms with van der Waals surface area (Å²) in [6.07, 6.45) is 6.39. The van der Waals surface area contributed by atoms with Crippen LogP contribution in [0.4, 0.5) is 0 Å². The van der Waals surface area contributed by atoms with Gasteiger partial charge in [0.25, 0.3) is 0 Å². The van der Waals surface area contributed by atoms with Crippen molar-refractivity contribution in [1.29, 1.82) is 0 Å². The Balaban J connectivity index is 1.17. The molecule has 3 N–H and O–H groups in total. The van der Waals surface area contributed by atoms with Gasteiger partial charge in [0.05, 0.1) is 6.54 Å². The average molecular weight is 523 g/mol. The number of hydrogen-bond acceptors (Lipinski definition) is 3. The Hall–Kier alpha value is -3.90. The molecule has 202 valence electrons. The van der Waals surface area contributed by atoms with E-state index in [0.29, 0.717) is 25.4 Å². The van der Waals surface area contributed by atoms with Crippen molar-refractivity contribution in [2.45, 2.75) is 38.1 Å². The topological polar surface area (TPSA) is 77.2 Å². The first kappa shape index (κ1) is 26.7. The van der Waals surface area contributed by atoms with Gasteiger partial charge in [-0.25, -0.2) is 0 Å². The largest absolute Gasteiger partial charge is 0.361 e. The summed E-state index contributed by atoms with van der Waals surface area (Å²) in [6.45, 7) is 2.65. The summed E-state index contributed by atoms with van der Waals surface area (Å²) >= 11 is 0. The van der Waals surface area contributed by atoms with Gasteiger partial charge in [-0.05, 0) is 67.4 Å². The maximum atomic E-state index is 13.3. The fourth-order valence-electron chi connectivity index (χ4n) is 5.57. The van der Waals surface area contributed by atoms with Crippen molar-refractivity contribution in [1.82, 2.24) is 20.5 Å². The van der Waals surface area contributed by atoms with Gasteiger partial charge in [0.2, 0.25) is 11.8 Å². The standard InChI is InChI=1S/C33H38N4O2/c38-32(24-37-19-16-27(17-20-37)21-26-11-5-2-6-12-26)36-31(22-28-23-35-30-14-8-7-13-29(28)30)33(39)34-18-15-25-9-3-1-4-10-25/h1-14,23,27,31,35H,15-22,24H2,(H,34,39)(H,36,38)/t31-/m1/s1. The third kappa shape index (κ3) is 7.58. The number of H-pyrrole nitrogens is 1. The third-order valence-corrected chi connectivity index (χ3v) is 7.75. The van der Waals surface area contributed by atoms with Gasteiger partial charge in [0.1, 0.15) is 6.04 Å². The first-order chi connectivity index (χ1) is 19.1. The van der Waals surface area contributed by atoms with Crippen molar-refractivity contribution in [3.8, 4) is 0 Å². The summed E-state index contributed by atoms with van der Waals surface area (Å²) in [6, 6.07) is 28.2. The summed E-state index contributed by atoms with van der Waals surface area (Å²) in [7, 11) is 0. The zero-order valence-corrected chi connectivity index (χ0v) is 22.4. The Morgan fingerprint density at radius 1 is 0.872 bits per heavy atom. The highest BCUT2D eigenvalue weighted by Gasteiger charge is 2.25. The first-order valence-corrected chi connectivity index (χ1v) is 14.1. The molecule has 0 aliphatic carbocycles. The lowest BCUT2D eigenvalue weighted by Gasteiger charge is -2.32. The van der Waals surface area contributed by atoms with Crippen molar-refractivity contribution in [2.24, 2.45) is 5.92 Å². The van der Waals surface area contributed by atoms with Crippen LogP contribution in [-0.4, -0.2) is 53.9 Å². The second-order valence-electron chi connectivity index (χ2n) is 10.6. The maximum absolute atomic E-state index is 13.3. The molecule has 0 saturated carbocycles. The monoisotopic (exact) mass is 522 g/mol. The minimum atomic E-state index is -0.636. The summed E-state index contributed by atoms with van der Waals surface area (Å²) in [5, 5.41) is 7.19. The molecule has 1 aliphatic rings. The number of likely N-dealkylation sites (tertiary alicyclic amines) is 1. The predicted octanol–water partition coefficient (Wildman–Crippen LogP) is 4.51. The normalized spacial score (nSPS) is 15.2. The molecule has 0 bridgehead atoms. The summed E-state index contributed by atoms with van der Waals surface area (Å²) < 4.78 is 0. The molecule has 6 nitrogen and oxygen atoms in total. The Bertz CT molecular complexity index is 1340. The second kappa shape index (κ2) is 13.3. The van der Waals surface area contributed by atoms with Crippen LogP contribution in [-0.2, 0) is 28.9 Å². The minimum absolute atomic E-state index is 0.0976. The van der Waals surface area contributed by atoms with Crippen molar-refractivity contribution in [3.05, 3.63) is 108 Å². The number of carbonyl (C=O) groups excluding carboxylic acids is 2. The molecule has 5 rings (SSSR count). The Labute approximate surface area is 230 Å². The van der Waals surface area contributed by atoms with Gasteiger partial charge in [-0.3, -0.25) is 14.5 Å². The van der Waals surface area contributed by atoms with Crippen molar-refractivity contribution < 1.29 is 9.59 Å². The number of carbonyl (C=O) groups is 2. The molecule has 0 unspecified atom stereocenters.